The van der Waals surface area contributed by atoms with Crippen LogP contribution in [0.1, 0.15) is 25.5 Å². The van der Waals surface area contributed by atoms with Gasteiger partial charge in [-0.05, 0) is 31.7 Å². The number of nitrogens with one attached hydrogen (secondary N) is 1. The minimum atomic E-state index is 0.430. The van der Waals surface area contributed by atoms with Gasteiger partial charge in [0.1, 0.15) is 0 Å². The number of hydrogen-bond acceptors (Lipinski definition) is 3. The van der Waals surface area contributed by atoms with Crippen LogP contribution in [0.4, 0.5) is 5.69 Å². The van der Waals surface area contributed by atoms with Crippen LogP contribution in [0.2, 0.25) is 0 Å². The summed E-state index contributed by atoms with van der Waals surface area (Å²) in [4.78, 5) is 2.50. The summed E-state index contributed by atoms with van der Waals surface area (Å²) in [5.41, 5.74) is 2.72. The van der Waals surface area contributed by atoms with E-state index in [1.807, 2.05) is 7.05 Å². The van der Waals surface area contributed by atoms with E-state index in [2.05, 4.69) is 60.1 Å². The summed E-state index contributed by atoms with van der Waals surface area (Å²) in [5.74, 6) is 1.25. The van der Waals surface area contributed by atoms with Gasteiger partial charge in [-0.25, -0.2) is 0 Å². The molecule has 1 saturated heterocycles. The van der Waals surface area contributed by atoms with Gasteiger partial charge in [-0.1, -0.05) is 19.1 Å². The van der Waals surface area contributed by atoms with Crippen molar-refractivity contribution in [3.8, 4) is 0 Å². The van der Waals surface area contributed by atoms with Crippen molar-refractivity contribution in [3.05, 3.63) is 29.8 Å². The van der Waals surface area contributed by atoms with Crippen LogP contribution < -0.4 is 10.2 Å². The number of hydrogen-bond donors (Lipinski definition) is 1. The minimum Gasteiger partial charge on any atom is -0.370 e. The van der Waals surface area contributed by atoms with Gasteiger partial charge >= 0.3 is 0 Å². The molecule has 0 aromatic heterocycles. The van der Waals surface area contributed by atoms with E-state index >= 15 is 0 Å². The Hall–Kier alpha value is -0.670. The van der Waals surface area contributed by atoms with E-state index in [9.17, 15) is 0 Å². The van der Waals surface area contributed by atoms with E-state index in [1.165, 1.54) is 30.1 Å². The number of benzene rings is 1. The first-order valence-electron chi connectivity index (χ1n) is 6.34. The maximum atomic E-state index is 3.27. The molecule has 1 aromatic carbocycles. The van der Waals surface area contributed by atoms with Crippen molar-refractivity contribution in [2.75, 3.05) is 30.8 Å². The van der Waals surface area contributed by atoms with Crippen molar-refractivity contribution >= 4 is 17.4 Å². The summed E-state index contributed by atoms with van der Waals surface area (Å²) in [6.45, 7) is 6.85. The Bertz CT molecular complexity index is 350. The lowest BCUT2D eigenvalue weighted by Gasteiger charge is -2.32. The predicted molar refractivity (Wildman–Crippen MR) is 78.0 cm³/mol. The monoisotopic (exact) mass is 250 g/mol. The van der Waals surface area contributed by atoms with E-state index in [4.69, 9.17) is 0 Å². The molecule has 0 radical (unpaired) electrons. The quantitative estimate of drug-likeness (QED) is 0.888. The molecule has 17 heavy (non-hydrogen) atoms. The average Bonchev–Trinajstić information content (AvgIpc) is 2.38. The van der Waals surface area contributed by atoms with Crippen LogP contribution >= 0.6 is 11.8 Å². The summed E-state index contributed by atoms with van der Waals surface area (Å²) in [6, 6.07) is 9.42. The van der Waals surface area contributed by atoms with E-state index < -0.39 is 0 Å². The molecule has 2 rings (SSSR count). The van der Waals surface area contributed by atoms with E-state index in [0.717, 1.165) is 5.25 Å². The third-order valence-electron chi connectivity index (χ3n) is 3.43. The standard InChI is InChI=1S/C14H22N2S/c1-11-10-16(8-9-17-11)14-6-4-13(5-7-14)12(2)15-3/h4-7,11-12,15H,8-10H2,1-3H3. The molecule has 1 aliphatic heterocycles. The van der Waals surface area contributed by atoms with E-state index in [0.29, 0.717) is 6.04 Å². The van der Waals surface area contributed by atoms with Crippen LogP contribution in [-0.2, 0) is 0 Å². The molecule has 2 atom stereocenters. The number of nitrogens with zero attached hydrogens (tertiary/aromatic N) is 1. The maximum absolute atomic E-state index is 3.27. The second-order valence-electron chi connectivity index (χ2n) is 4.73. The van der Waals surface area contributed by atoms with Crippen LogP contribution in [0.15, 0.2) is 24.3 Å². The molecule has 3 heteroatoms. The molecule has 1 N–H and O–H groups in total. The lowest BCUT2D eigenvalue weighted by Crippen LogP contribution is -2.36. The van der Waals surface area contributed by atoms with Crippen molar-refractivity contribution in [2.45, 2.75) is 25.1 Å². The molecule has 2 unspecified atom stereocenters. The highest BCUT2D eigenvalue weighted by molar-refractivity contribution is 8.00. The third kappa shape index (κ3) is 3.17. The molecule has 0 aliphatic carbocycles. The third-order valence-corrected chi connectivity index (χ3v) is 4.57. The molecule has 1 aliphatic rings. The zero-order valence-electron chi connectivity index (χ0n) is 10.9. The van der Waals surface area contributed by atoms with Gasteiger partial charge in [-0.15, -0.1) is 0 Å². The van der Waals surface area contributed by atoms with Crippen molar-refractivity contribution in [1.82, 2.24) is 5.32 Å². The zero-order chi connectivity index (χ0) is 12.3. The summed E-state index contributed by atoms with van der Waals surface area (Å²) in [5, 5.41) is 4.02. The predicted octanol–water partition coefficient (Wildman–Crippen LogP) is 2.91. The minimum absolute atomic E-state index is 0.430. The summed E-state index contributed by atoms with van der Waals surface area (Å²) in [6.07, 6.45) is 0. The van der Waals surface area contributed by atoms with Gasteiger partial charge < -0.3 is 10.2 Å². The first kappa shape index (κ1) is 12.8. The molecule has 94 valence electrons. The fourth-order valence-corrected chi connectivity index (χ4v) is 3.21. The molecule has 2 nitrogen and oxygen atoms in total. The van der Waals surface area contributed by atoms with E-state index in [-0.39, 0.29) is 0 Å². The second-order valence-corrected chi connectivity index (χ2v) is 6.28. The van der Waals surface area contributed by atoms with Gasteiger partial charge in [-0.2, -0.15) is 11.8 Å². The zero-order valence-corrected chi connectivity index (χ0v) is 11.8. The molecule has 0 bridgehead atoms. The molecular formula is C14H22N2S. The van der Waals surface area contributed by atoms with Gasteiger partial charge in [0.2, 0.25) is 0 Å². The summed E-state index contributed by atoms with van der Waals surface area (Å²) < 4.78 is 0. The normalized spacial score (nSPS) is 22.5. The highest BCUT2D eigenvalue weighted by Crippen LogP contribution is 2.25. The SMILES string of the molecule is CNC(C)c1ccc(N2CCSC(C)C2)cc1. The fourth-order valence-electron chi connectivity index (χ4n) is 2.19. The molecule has 0 amide bonds. The Morgan fingerprint density at radius 1 is 1.35 bits per heavy atom. The topological polar surface area (TPSA) is 15.3 Å². The first-order valence-corrected chi connectivity index (χ1v) is 7.39. The summed E-state index contributed by atoms with van der Waals surface area (Å²) >= 11 is 2.08. The van der Waals surface area contributed by atoms with Crippen molar-refractivity contribution in [3.63, 3.8) is 0 Å². The first-order chi connectivity index (χ1) is 8.20. The van der Waals surface area contributed by atoms with Gasteiger partial charge in [0.15, 0.2) is 0 Å². The lowest BCUT2D eigenvalue weighted by molar-refractivity contribution is 0.652. The molecule has 1 fully saturated rings. The Morgan fingerprint density at radius 3 is 2.65 bits per heavy atom. The van der Waals surface area contributed by atoms with Gasteiger partial charge in [-0.3, -0.25) is 0 Å². The highest BCUT2D eigenvalue weighted by Gasteiger charge is 2.16. The van der Waals surface area contributed by atoms with Gasteiger partial charge in [0.25, 0.3) is 0 Å². The lowest BCUT2D eigenvalue weighted by atomic mass is 10.1. The highest BCUT2D eigenvalue weighted by atomic mass is 32.2. The Balaban J connectivity index is 2.06. The van der Waals surface area contributed by atoms with Crippen LogP contribution in [0.25, 0.3) is 0 Å². The fraction of sp³-hybridized carbons (Fsp3) is 0.571. The molecular weight excluding hydrogens is 228 g/mol. The largest absolute Gasteiger partial charge is 0.370 e. The van der Waals surface area contributed by atoms with Crippen LogP contribution in [0, 0.1) is 0 Å². The average molecular weight is 250 g/mol. The molecule has 1 heterocycles. The van der Waals surface area contributed by atoms with Crippen molar-refractivity contribution < 1.29 is 0 Å². The van der Waals surface area contributed by atoms with Gasteiger partial charge in [0, 0.05) is 35.8 Å². The molecule has 1 aromatic rings. The van der Waals surface area contributed by atoms with E-state index in [1.54, 1.807) is 0 Å². The number of thioether (sulfide) groups is 1. The Morgan fingerprint density at radius 2 is 2.06 bits per heavy atom. The Kier molecular flexibility index (Phi) is 4.35. The smallest absolute Gasteiger partial charge is 0.0367 e. The van der Waals surface area contributed by atoms with Crippen LogP contribution in [0.5, 0.6) is 0 Å². The second kappa shape index (κ2) is 5.78. The number of rotatable bonds is 3. The maximum Gasteiger partial charge on any atom is 0.0367 e. The van der Waals surface area contributed by atoms with Crippen LogP contribution in [0.3, 0.4) is 0 Å². The van der Waals surface area contributed by atoms with Crippen molar-refractivity contribution in [1.29, 1.82) is 0 Å². The molecule has 0 spiro atoms. The number of anilines is 1. The van der Waals surface area contributed by atoms with Crippen LogP contribution in [-0.4, -0.2) is 31.1 Å². The van der Waals surface area contributed by atoms with Crippen molar-refractivity contribution in [2.24, 2.45) is 0 Å². The summed E-state index contributed by atoms with van der Waals surface area (Å²) in [7, 11) is 2.00. The Labute approximate surface area is 109 Å². The van der Waals surface area contributed by atoms with Gasteiger partial charge in [0.05, 0.1) is 0 Å². The molecule has 0 saturated carbocycles.